The fraction of sp³-hybridized carbons (Fsp3) is 0.250. The average Bonchev–Trinajstić information content (AvgIpc) is 2.40. The van der Waals surface area contributed by atoms with Crippen LogP contribution in [0.25, 0.3) is 0 Å². The summed E-state index contributed by atoms with van der Waals surface area (Å²) in [5.74, 6) is 0. The summed E-state index contributed by atoms with van der Waals surface area (Å²) in [6, 6.07) is 11.1. The molecule has 1 aliphatic carbocycles. The van der Waals surface area contributed by atoms with Gasteiger partial charge in [-0.25, -0.2) is 0 Å². The van der Waals surface area contributed by atoms with Gasteiger partial charge in [0.2, 0.25) is 0 Å². The van der Waals surface area contributed by atoms with E-state index >= 15 is 0 Å². The Morgan fingerprint density at radius 3 is 2.11 bits per heavy atom. The fourth-order valence-corrected chi connectivity index (χ4v) is 11.3. The second-order valence-electron chi connectivity index (χ2n) is 5.98. The molecular weight excluding hydrogens is 248 g/mol. The van der Waals surface area contributed by atoms with Crippen LogP contribution in [-0.4, -0.2) is 15.2 Å². The highest BCUT2D eigenvalue weighted by Crippen LogP contribution is 2.31. The van der Waals surface area contributed by atoms with E-state index in [0.717, 1.165) is 0 Å². The minimum absolute atomic E-state index is 1.41. The smallest absolute Gasteiger partial charge is 0.147 e. The van der Waals surface area contributed by atoms with Crippen molar-refractivity contribution in [3.8, 4) is 0 Å². The summed E-state index contributed by atoms with van der Waals surface area (Å²) >= 11 is 0. The first-order valence-corrected chi connectivity index (χ1v) is 13.6. The maximum absolute atomic E-state index is 2.53. The van der Waals surface area contributed by atoms with Crippen molar-refractivity contribution >= 4 is 20.4 Å². The Labute approximate surface area is 113 Å². The third-order valence-corrected chi connectivity index (χ3v) is 22.3. The first-order valence-electron chi connectivity index (χ1n) is 6.57. The van der Waals surface area contributed by atoms with Gasteiger partial charge in [-0.05, 0) is 15.2 Å². The van der Waals surface area contributed by atoms with Gasteiger partial charge >= 0.3 is 0 Å². The Kier molecular flexibility index (Phi) is 3.60. The number of benzene rings is 1. The van der Waals surface area contributed by atoms with E-state index in [4.69, 9.17) is 0 Å². The van der Waals surface area contributed by atoms with E-state index in [1.54, 1.807) is 10.7 Å². The van der Waals surface area contributed by atoms with E-state index < -0.39 is 15.2 Å². The molecular formula is C16H22Si2+. The van der Waals surface area contributed by atoms with Gasteiger partial charge in [-0.1, -0.05) is 48.6 Å². The van der Waals surface area contributed by atoms with Gasteiger partial charge in [0, 0.05) is 5.54 Å². The molecule has 0 atom stereocenters. The molecule has 0 fully saturated rings. The van der Waals surface area contributed by atoms with E-state index in [1.165, 1.54) is 0 Å². The first-order chi connectivity index (χ1) is 8.46. The van der Waals surface area contributed by atoms with Crippen molar-refractivity contribution in [3.63, 3.8) is 0 Å². The standard InChI is InChI=1S/C16H22Si2/c1-17(2,15-11-7-5-8-12-15)18(3,4)16-13-9-6-10-14-16/h5-14H,1-4H3/q+1. The van der Waals surface area contributed by atoms with Gasteiger partial charge in [-0.3, -0.25) is 0 Å². The van der Waals surface area contributed by atoms with Gasteiger partial charge in [0.25, 0.3) is 0 Å². The predicted octanol–water partition coefficient (Wildman–Crippen LogP) is 3.83. The molecule has 0 aliphatic heterocycles. The van der Waals surface area contributed by atoms with Crippen LogP contribution in [0.1, 0.15) is 0 Å². The van der Waals surface area contributed by atoms with Crippen molar-refractivity contribution in [2.75, 3.05) is 0 Å². The highest BCUT2D eigenvalue weighted by atomic mass is 29.3. The molecule has 0 N–H and O–H groups in total. The Morgan fingerprint density at radius 2 is 1.56 bits per heavy atom. The maximum Gasteiger partial charge on any atom is 0.147 e. The molecule has 0 radical (unpaired) electrons. The van der Waals surface area contributed by atoms with E-state index in [1.807, 2.05) is 0 Å². The molecule has 18 heavy (non-hydrogen) atoms. The molecule has 0 saturated heterocycles. The van der Waals surface area contributed by atoms with E-state index in [-0.39, 0.29) is 0 Å². The minimum atomic E-state index is -1.41. The SMILES string of the molecule is C[Si](C)(c1ccccc1)[Si-](C)(C)[C+]1C=C[CH+]C=C1. The summed E-state index contributed by atoms with van der Waals surface area (Å²) in [7, 11) is -2.82. The van der Waals surface area contributed by atoms with Crippen LogP contribution in [0, 0.1) is 12.0 Å². The molecule has 1 aromatic carbocycles. The zero-order chi connectivity index (χ0) is 13.2. The molecule has 0 spiro atoms. The second kappa shape index (κ2) is 4.86. The summed E-state index contributed by atoms with van der Waals surface area (Å²) in [5, 5.41) is 1.59. The molecule has 1 aromatic rings. The molecule has 0 nitrogen and oxygen atoms in total. The van der Waals surface area contributed by atoms with Crippen LogP contribution in [-0.2, 0) is 0 Å². The molecule has 0 saturated carbocycles. The summed E-state index contributed by atoms with van der Waals surface area (Å²) in [6.45, 7) is 10.1. The Morgan fingerprint density at radius 1 is 1.00 bits per heavy atom. The van der Waals surface area contributed by atoms with Crippen LogP contribution in [0.5, 0.6) is 0 Å². The van der Waals surface area contributed by atoms with E-state index in [9.17, 15) is 0 Å². The predicted molar refractivity (Wildman–Crippen MR) is 86.9 cm³/mol. The summed E-state index contributed by atoms with van der Waals surface area (Å²) in [6.07, 6.45) is 11.1. The van der Waals surface area contributed by atoms with E-state index in [2.05, 4.69) is 87.2 Å². The van der Waals surface area contributed by atoms with Crippen LogP contribution in [0.3, 0.4) is 0 Å². The molecule has 2 rings (SSSR count). The molecule has 1 aliphatic rings. The molecule has 0 unspecified atom stereocenters. The summed E-state index contributed by atoms with van der Waals surface area (Å²) in [4.78, 5) is 0. The van der Waals surface area contributed by atoms with Crippen LogP contribution >= 0.6 is 0 Å². The highest BCUT2D eigenvalue weighted by molar-refractivity contribution is 7.47. The number of hydrogen-bond acceptors (Lipinski definition) is 0. The van der Waals surface area contributed by atoms with Crippen LogP contribution in [0.2, 0.25) is 26.2 Å². The lowest BCUT2D eigenvalue weighted by atomic mass is 10.2. The zero-order valence-electron chi connectivity index (χ0n) is 11.8. The number of rotatable bonds is 3. The van der Waals surface area contributed by atoms with Crippen LogP contribution in [0.15, 0.2) is 54.6 Å². The van der Waals surface area contributed by atoms with Crippen molar-refractivity contribution in [2.24, 2.45) is 0 Å². The quantitative estimate of drug-likeness (QED) is 0.578. The van der Waals surface area contributed by atoms with Crippen molar-refractivity contribution in [1.29, 1.82) is 0 Å². The first kappa shape index (κ1) is 13.3. The summed E-state index contributed by atoms with van der Waals surface area (Å²) in [5.41, 5.74) is 1.59. The minimum Gasteiger partial charge on any atom is -0.153 e. The third kappa shape index (κ3) is 2.22. The lowest BCUT2D eigenvalue weighted by Crippen LogP contribution is -2.65. The fourth-order valence-electron chi connectivity index (χ4n) is 2.43. The summed E-state index contributed by atoms with van der Waals surface area (Å²) < 4.78 is 0. The van der Waals surface area contributed by atoms with Crippen molar-refractivity contribution in [3.05, 3.63) is 66.6 Å². The highest BCUT2D eigenvalue weighted by Gasteiger charge is 2.42. The number of hydrogen-bond donors (Lipinski definition) is 0. The van der Waals surface area contributed by atoms with E-state index in [0.29, 0.717) is 0 Å². The van der Waals surface area contributed by atoms with Crippen molar-refractivity contribution < 1.29 is 0 Å². The van der Waals surface area contributed by atoms with Gasteiger partial charge in [0.1, 0.15) is 30.7 Å². The van der Waals surface area contributed by atoms with Gasteiger partial charge in [0.15, 0.2) is 0 Å². The Bertz CT molecular complexity index is 443. The second-order valence-corrected chi connectivity index (χ2v) is 21.1. The van der Waals surface area contributed by atoms with Gasteiger partial charge < -0.3 is 0 Å². The molecule has 2 heteroatoms. The molecule has 0 heterocycles. The Hall–Kier alpha value is -1.13. The average molecular weight is 271 g/mol. The van der Waals surface area contributed by atoms with Gasteiger partial charge in [0.05, 0.1) is 0 Å². The van der Waals surface area contributed by atoms with Crippen LogP contribution in [0.4, 0.5) is 0 Å². The van der Waals surface area contributed by atoms with Crippen molar-refractivity contribution in [2.45, 2.75) is 26.2 Å². The van der Waals surface area contributed by atoms with Crippen molar-refractivity contribution in [1.82, 2.24) is 0 Å². The van der Waals surface area contributed by atoms with Crippen LogP contribution < -0.4 is 5.19 Å². The lowest BCUT2D eigenvalue weighted by Gasteiger charge is -2.47. The molecule has 0 amide bonds. The topological polar surface area (TPSA) is 0 Å². The van der Waals surface area contributed by atoms with Gasteiger partial charge in [-0.2, -0.15) is 13.1 Å². The zero-order valence-corrected chi connectivity index (χ0v) is 13.8. The third-order valence-electron chi connectivity index (χ3n) is 4.55. The maximum atomic E-state index is 2.53. The molecule has 0 aromatic heterocycles. The number of allylic oxidation sites excluding steroid dienone is 4. The molecule has 0 bridgehead atoms. The Balaban J connectivity index is 2.36. The monoisotopic (exact) mass is 270 g/mol. The van der Waals surface area contributed by atoms with Gasteiger partial charge in [-0.15, -0.1) is 0 Å². The lowest BCUT2D eigenvalue weighted by molar-refractivity contribution is 1.46. The normalized spacial score (nSPS) is 15.7. The molecule has 93 valence electrons. The largest absolute Gasteiger partial charge is 0.153 e.